The first-order valence-corrected chi connectivity index (χ1v) is 7.39. The van der Waals surface area contributed by atoms with Crippen LogP contribution < -0.4 is 4.74 Å². The normalized spacial score (nSPS) is 10.9. The van der Waals surface area contributed by atoms with Crippen molar-refractivity contribution >= 4 is 11.2 Å². The van der Waals surface area contributed by atoms with Crippen molar-refractivity contribution in [1.29, 1.82) is 0 Å². The molecule has 24 heavy (non-hydrogen) atoms. The van der Waals surface area contributed by atoms with Crippen LogP contribution in [0, 0.1) is 0 Å². The van der Waals surface area contributed by atoms with Gasteiger partial charge in [-0.1, -0.05) is 24.3 Å². The van der Waals surface area contributed by atoms with Gasteiger partial charge in [0.15, 0.2) is 11.5 Å². The molecule has 6 nitrogen and oxygen atoms in total. The number of phenols is 1. The van der Waals surface area contributed by atoms with Crippen molar-refractivity contribution in [3.8, 4) is 28.6 Å². The number of aromatic hydroxyl groups is 1. The highest BCUT2D eigenvalue weighted by molar-refractivity contribution is 5.75. The summed E-state index contributed by atoms with van der Waals surface area (Å²) < 4.78 is 7.29. The summed E-state index contributed by atoms with van der Waals surface area (Å²) in [5.41, 5.74) is 2.95. The summed E-state index contributed by atoms with van der Waals surface area (Å²) in [7, 11) is 1.63. The van der Waals surface area contributed by atoms with E-state index in [-0.39, 0.29) is 5.75 Å². The number of hydrogen-bond acceptors (Lipinski definition) is 5. The number of methoxy groups -OCH3 is 1. The van der Waals surface area contributed by atoms with Crippen LogP contribution in [0.5, 0.6) is 11.5 Å². The van der Waals surface area contributed by atoms with Gasteiger partial charge in [-0.3, -0.25) is 4.57 Å². The Morgan fingerprint density at radius 3 is 2.75 bits per heavy atom. The summed E-state index contributed by atoms with van der Waals surface area (Å²) in [4.78, 5) is 13.3. The quantitative estimate of drug-likeness (QED) is 0.628. The molecule has 0 atom stereocenters. The topological polar surface area (TPSA) is 73.1 Å². The first-order valence-electron chi connectivity index (χ1n) is 7.39. The van der Waals surface area contributed by atoms with Crippen molar-refractivity contribution in [2.45, 2.75) is 0 Å². The van der Waals surface area contributed by atoms with Crippen LogP contribution in [0.2, 0.25) is 0 Å². The number of hydrogen-bond donors (Lipinski definition) is 1. The lowest BCUT2D eigenvalue weighted by atomic mass is 10.2. The first-order chi connectivity index (χ1) is 11.8. The monoisotopic (exact) mass is 318 g/mol. The Morgan fingerprint density at radius 2 is 1.92 bits per heavy atom. The van der Waals surface area contributed by atoms with E-state index in [0.29, 0.717) is 17.0 Å². The van der Waals surface area contributed by atoms with E-state index in [1.165, 1.54) is 0 Å². The summed E-state index contributed by atoms with van der Waals surface area (Å²) >= 11 is 0. The molecule has 0 amide bonds. The van der Waals surface area contributed by atoms with Gasteiger partial charge in [-0.2, -0.15) is 0 Å². The van der Waals surface area contributed by atoms with E-state index in [4.69, 9.17) is 4.74 Å². The van der Waals surface area contributed by atoms with Gasteiger partial charge in [-0.05, 0) is 24.3 Å². The molecule has 0 bridgehead atoms. The molecule has 1 N–H and O–H groups in total. The maximum atomic E-state index is 9.66. The van der Waals surface area contributed by atoms with E-state index < -0.39 is 0 Å². The Labute approximate surface area is 138 Å². The molecule has 0 aliphatic rings. The van der Waals surface area contributed by atoms with Gasteiger partial charge in [0, 0.05) is 5.56 Å². The second-order valence-electron chi connectivity index (χ2n) is 5.24. The van der Waals surface area contributed by atoms with Crippen LogP contribution >= 0.6 is 0 Å². The van der Waals surface area contributed by atoms with Crippen LogP contribution in [-0.4, -0.2) is 31.7 Å². The Bertz CT molecular complexity index is 1030. The fraction of sp³-hybridized carbons (Fsp3) is 0.0556. The first kappa shape index (κ1) is 14.2. The molecule has 4 rings (SSSR count). The number of phenolic OH excluding ortho intramolecular Hbond substituents is 1. The molecular weight excluding hydrogens is 304 g/mol. The minimum Gasteiger partial charge on any atom is -0.508 e. The van der Waals surface area contributed by atoms with E-state index in [1.54, 1.807) is 37.8 Å². The molecule has 0 saturated carbocycles. The molecule has 0 aliphatic heterocycles. The van der Waals surface area contributed by atoms with Gasteiger partial charge >= 0.3 is 0 Å². The Kier molecular flexibility index (Phi) is 3.35. The molecule has 6 heteroatoms. The molecule has 2 heterocycles. The Morgan fingerprint density at radius 1 is 1.04 bits per heavy atom. The average Bonchev–Trinajstić information content (AvgIpc) is 3.04. The van der Waals surface area contributed by atoms with Gasteiger partial charge in [0.1, 0.15) is 23.3 Å². The predicted octanol–water partition coefficient (Wildman–Crippen LogP) is 3.20. The molecule has 0 radical (unpaired) electrons. The lowest BCUT2D eigenvalue weighted by Gasteiger charge is -2.09. The van der Waals surface area contributed by atoms with Crippen LogP contribution in [0.1, 0.15) is 0 Å². The maximum absolute atomic E-state index is 9.66. The molecule has 0 spiro atoms. The number of fused-ring (bicyclic) bond motifs is 1. The molecule has 2 aromatic carbocycles. The van der Waals surface area contributed by atoms with Gasteiger partial charge in [0.25, 0.3) is 0 Å². The molecule has 2 aromatic heterocycles. The highest BCUT2D eigenvalue weighted by atomic mass is 16.5. The number of ether oxygens (including phenoxy) is 1. The molecule has 0 aliphatic carbocycles. The van der Waals surface area contributed by atoms with Gasteiger partial charge in [0.05, 0.1) is 19.0 Å². The third-order valence-electron chi connectivity index (χ3n) is 3.74. The minimum absolute atomic E-state index is 0.175. The van der Waals surface area contributed by atoms with Gasteiger partial charge in [-0.15, -0.1) is 0 Å². The molecule has 4 aromatic rings. The highest BCUT2D eigenvalue weighted by Gasteiger charge is 2.12. The number of aromatic nitrogens is 4. The summed E-state index contributed by atoms with van der Waals surface area (Å²) in [5.74, 6) is 1.43. The number of nitrogens with zero attached hydrogens (tertiary/aromatic N) is 4. The zero-order valence-corrected chi connectivity index (χ0v) is 12.9. The molecule has 0 saturated heterocycles. The van der Waals surface area contributed by atoms with E-state index >= 15 is 0 Å². The van der Waals surface area contributed by atoms with Crippen molar-refractivity contribution in [2.75, 3.05) is 7.11 Å². The zero-order valence-electron chi connectivity index (χ0n) is 12.9. The lowest BCUT2D eigenvalue weighted by Crippen LogP contribution is -1.99. The van der Waals surface area contributed by atoms with Gasteiger partial charge < -0.3 is 9.84 Å². The van der Waals surface area contributed by atoms with Crippen molar-refractivity contribution in [1.82, 2.24) is 19.5 Å². The van der Waals surface area contributed by atoms with Crippen molar-refractivity contribution in [3.05, 3.63) is 61.1 Å². The average molecular weight is 318 g/mol. The van der Waals surface area contributed by atoms with Crippen LogP contribution in [-0.2, 0) is 0 Å². The highest BCUT2D eigenvalue weighted by Crippen LogP contribution is 2.26. The summed E-state index contributed by atoms with van der Waals surface area (Å²) in [5, 5.41) is 9.66. The fourth-order valence-electron chi connectivity index (χ4n) is 2.60. The summed E-state index contributed by atoms with van der Waals surface area (Å²) in [6.07, 6.45) is 3.37. The third kappa shape index (κ3) is 2.34. The molecule has 0 unspecified atom stereocenters. The Balaban J connectivity index is 1.91. The third-order valence-corrected chi connectivity index (χ3v) is 3.74. The largest absolute Gasteiger partial charge is 0.508 e. The Hall–Kier alpha value is -3.41. The van der Waals surface area contributed by atoms with E-state index in [1.807, 2.05) is 34.9 Å². The van der Waals surface area contributed by atoms with Gasteiger partial charge in [0.2, 0.25) is 0 Å². The van der Waals surface area contributed by atoms with Crippen molar-refractivity contribution < 1.29 is 9.84 Å². The lowest BCUT2D eigenvalue weighted by molar-refractivity contribution is 0.413. The fourth-order valence-corrected chi connectivity index (χ4v) is 2.60. The van der Waals surface area contributed by atoms with Crippen LogP contribution in [0.4, 0.5) is 0 Å². The standard InChI is InChI=1S/C18H14N4O2/c1-24-16-8-3-2-7-15(16)22-11-20-14-10-19-17(21-18(14)22)12-5-4-6-13(23)9-12/h2-11,23H,1H3. The van der Waals surface area contributed by atoms with Crippen molar-refractivity contribution in [2.24, 2.45) is 0 Å². The van der Waals surface area contributed by atoms with Crippen LogP contribution in [0.3, 0.4) is 0 Å². The molecule has 118 valence electrons. The van der Waals surface area contributed by atoms with E-state index in [9.17, 15) is 5.11 Å². The van der Waals surface area contributed by atoms with E-state index in [2.05, 4.69) is 15.0 Å². The van der Waals surface area contributed by atoms with Crippen LogP contribution in [0.25, 0.3) is 28.2 Å². The number of imidazole rings is 1. The number of rotatable bonds is 3. The SMILES string of the molecule is COc1ccccc1-n1cnc2cnc(-c3cccc(O)c3)nc21. The summed E-state index contributed by atoms with van der Waals surface area (Å²) in [6, 6.07) is 14.5. The minimum atomic E-state index is 0.175. The summed E-state index contributed by atoms with van der Waals surface area (Å²) in [6.45, 7) is 0. The smallest absolute Gasteiger partial charge is 0.168 e. The second-order valence-corrected chi connectivity index (χ2v) is 5.24. The predicted molar refractivity (Wildman–Crippen MR) is 90.3 cm³/mol. The maximum Gasteiger partial charge on any atom is 0.168 e. The second kappa shape index (κ2) is 5.66. The molecular formula is C18H14N4O2. The zero-order chi connectivity index (χ0) is 16.5. The molecule has 0 fully saturated rings. The van der Waals surface area contributed by atoms with E-state index in [0.717, 1.165) is 17.0 Å². The number of benzene rings is 2. The number of para-hydroxylation sites is 2. The van der Waals surface area contributed by atoms with Crippen molar-refractivity contribution in [3.63, 3.8) is 0 Å². The van der Waals surface area contributed by atoms with Crippen LogP contribution in [0.15, 0.2) is 61.1 Å². The van der Waals surface area contributed by atoms with Gasteiger partial charge in [-0.25, -0.2) is 15.0 Å².